The zero-order chi connectivity index (χ0) is 56.0. The summed E-state index contributed by atoms with van der Waals surface area (Å²) in [5.74, 6) is 35.6. The van der Waals surface area contributed by atoms with Crippen LogP contribution in [0, 0.1) is 82.4 Å². The smallest absolute Gasteiger partial charge is 0.0991 e. The predicted molar refractivity (Wildman–Crippen MR) is 330 cm³/mol. The van der Waals surface area contributed by atoms with Crippen LogP contribution in [0.3, 0.4) is 0 Å². The van der Waals surface area contributed by atoms with Crippen LogP contribution in [0.15, 0.2) is 182 Å². The van der Waals surface area contributed by atoms with Crippen molar-refractivity contribution >= 4 is 21.5 Å². The van der Waals surface area contributed by atoms with Gasteiger partial charge in [-0.05, 0) is 175 Å². The van der Waals surface area contributed by atoms with Gasteiger partial charge in [0, 0.05) is 33.4 Å². The number of rotatable bonds is 0. The van der Waals surface area contributed by atoms with Crippen LogP contribution in [0.4, 0.5) is 0 Å². The number of nitriles is 1. The van der Waals surface area contributed by atoms with Crippen molar-refractivity contribution in [2.45, 2.75) is 120 Å². The Kier molecular flexibility index (Phi) is 25.6. The van der Waals surface area contributed by atoms with Gasteiger partial charge >= 0.3 is 0 Å². The van der Waals surface area contributed by atoms with Gasteiger partial charge in [0.15, 0.2) is 0 Å². The molecule has 380 valence electrons. The first-order valence-corrected chi connectivity index (χ1v) is 25.6. The van der Waals surface area contributed by atoms with Crippen molar-refractivity contribution in [1.29, 1.82) is 5.26 Å². The summed E-state index contributed by atoms with van der Waals surface area (Å²) >= 11 is 0. The van der Waals surface area contributed by atoms with Gasteiger partial charge in [-0.15, -0.1) is 35.5 Å². The van der Waals surface area contributed by atoms with E-state index in [2.05, 4.69) is 230 Å². The topological polar surface area (TPSA) is 23.8 Å². The number of nitrogens with zero attached hydrogens (tertiary/aromatic N) is 1. The first kappa shape index (κ1) is 61.4. The Bertz CT molecular complexity index is 3500. The minimum Gasteiger partial charge on any atom is -0.192 e. The molecular weight excluding hydrogens is 915 g/mol. The standard InChI is InChI=1S/C17H24.2C13H10.C13H16.C10H7N.C9H8/c1-8-9-13-10-14(16(2,3)4)12-15(11-13)17(5,6)7;1-2-6-11-8-5-9-12-7-3-4-10-13(11)12;1-2-5-11-8-9-12-6-3-4-7-13(12)10-11;1-5-6-11-7-9-12(10-8-11)13(2,3)4;1-2-3-9-4-6-10(8-11)7-5-9;1-2-6-9-7-4-3-5-8-9/h10-12H,1-7H3;3-5,7-10H,1H3;3-4,6-10H,1H3;7-10H,1-4H3;4-7H,1H3;3-5,7-8H,1H3. The second-order valence-corrected chi connectivity index (χ2v) is 20.5. The van der Waals surface area contributed by atoms with E-state index < -0.39 is 0 Å². The van der Waals surface area contributed by atoms with Crippen LogP contribution in [0.2, 0.25) is 0 Å². The molecule has 0 aliphatic carbocycles. The van der Waals surface area contributed by atoms with Gasteiger partial charge in [-0.3, -0.25) is 0 Å². The summed E-state index contributed by atoms with van der Waals surface area (Å²) in [5.41, 5.74) is 11.8. The molecule has 0 N–H and O–H groups in total. The molecular formula is C75H75N. The fourth-order valence-corrected chi connectivity index (χ4v) is 7.23. The fraction of sp³-hybridized carbons (Fsp3) is 0.240. The number of hydrogen-bond acceptors (Lipinski definition) is 1. The van der Waals surface area contributed by atoms with Crippen molar-refractivity contribution in [3.05, 3.63) is 238 Å². The molecule has 8 rings (SSSR count). The van der Waals surface area contributed by atoms with Crippen LogP contribution < -0.4 is 0 Å². The van der Waals surface area contributed by atoms with E-state index >= 15 is 0 Å². The van der Waals surface area contributed by atoms with Crippen LogP contribution in [-0.2, 0) is 16.2 Å². The van der Waals surface area contributed by atoms with Gasteiger partial charge in [0.2, 0.25) is 0 Å². The quantitative estimate of drug-likeness (QED) is 0.139. The monoisotopic (exact) mass is 990 g/mol. The lowest BCUT2D eigenvalue weighted by Crippen LogP contribution is -2.16. The molecule has 0 spiro atoms. The second kappa shape index (κ2) is 31.7. The van der Waals surface area contributed by atoms with Crippen LogP contribution in [0.25, 0.3) is 21.5 Å². The average Bonchev–Trinajstić information content (AvgIpc) is 3.40. The van der Waals surface area contributed by atoms with E-state index in [0.29, 0.717) is 5.56 Å². The first-order valence-electron chi connectivity index (χ1n) is 25.6. The molecule has 8 aromatic carbocycles. The van der Waals surface area contributed by atoms with Gasteiger partial charge in [0.05, 0.1) is 11.6 Å². The predicted octanol–water partition coefficient (Wildman–Crippen LogP) is 18.4. The lowest BCUT2D eigenvalue weighted by atomic mass is 9.79. The zero-order valence-corrected chi connectivity index (χ0v) is 47.8. The Labute approximate surface area is 459 Å². The maximum absolute atomic E-state index is 8.47. The number of hydrogen-bond donors (Lipinski definition) is 0. The van der Waals surface area contributed by atoms with E-state index in [1.807, 2.05) is 113 Å². The molecule has 8 aromatic rings. The maximum Gasteiger partial charge on any atom is 0.0991 e. The van der Waals surface area contributed by atoms with Crippen molar-refractivity contribution in [2.75, 3.05) is 0 Å². The lowest BCUT2D eigenvalue weighted by molar-refractivity contribution is 0.568. The highest BCUT2D eigenvalue weighted by Crippen LogP contribution is 2.30. The van der Waals surface area contributed by atoms with E-state index in [-0.39, 0.29) is 16.2 Å². The minimum absolute atomic E-state index is 0.172. The molecule has 76 heavy (non-hydrogen) atoms. The molecule has 1 heteroatoms. The van der Waals surface area contributed by atoms with Gasteiger partial charge in [-0.25, -0.2) is 0 Å². The van der Waals surface area contributed by atoms with E-state index in [0.717, 1.165) is 33.4 Å². The lowest BCUT2D eigenvalue weighted by Gasteiger charge is -2.25. The largest absolute Gasteiger partial charge is 0.192 e. The van der Waals surface area contributed by atoms with Gasteiger partial charge in [0.25, 0.3) is 0 Å². The molecule has 0 aliphatic heterocycles. The van der Waals surface area contributed by atoms with Crippen LogP contribution in [0.1, 0.15) is 159 Å². The maximum atomic E-state index is 8.47. The van der Waals surface area contributed by atoms with Crippen molar-refractivity contribution in [3.63, 3.8) is 0 Å². The Morgan fingerprint density at radius 1 is 0.276 bits per heavy atom. The van der Waals surface area contributed by atoms with Crippen LogP contribution in [-0.4, -0.2) is 0 Å². The molecule has 1 nitrogen and oxygen atoms in total. The molecule has 0 fully saturated rings. The first-order chi connectivity index (χ1) is 36.3. The molecule has 0 bridgehead atoms. The number of fused-ring (bicyclic) bond motifs is 2. The van der Waals surface area contributed by atoms with Crippen LogP contribution in [0.5, 0.6) is 0 Å². The summed E-state index contributed by atoms with van der Waals surface area (Å²) in [6.45, 7) is 31.2. The molecule has 0 radical (unpaired) electrons. The molecule has 0 saturated carbocycles. The molecule has 0 aromatic heterocycles. The summed E-state index contributed by atoms with van der Waals surface area (Å²) in [7, 11) is 0. The third kappa shape index (κ3) is 22.1. The normalized spacial score (nSPS) is 9.66. The summed E-state index contributed by atoms with van der Waals surface area (Å²) < 4.78 is 0. The van der Waals surface area contributed by atoms with E-state index in [9.17, 15) is 0 Å². The van der Waals surface area contributed by atoms with Crippen molar-refractivity contribution in [2.24, 2.45) is 0 Å². The minimum atomic E-state index is 0.172. The SMILES string of the molecule is CC#Cc1cc(C(C)(C)C)cc(C(C)(C)C)c1.CC#Cc1ccc(C#N)cc1.CC#Cc1ccc(C(C)(C)C)cc1.CC#Cc1ccc2ccccc2c1.CC#Cc1cccc2ccccc12.CC#Cc1ccccc1. The highest BCUT2D eigenvalue weighted by Gasteiger charge is 2.20. The summed E-state index contributed by atoms with van der Waals surface area (Å²) in [6, 6.07) is 63.5. The molecule has 0 amide bonds. The van der Waals surface area contributed by atoms with E-state index in [4.69, 9.17) is 5.26 Å². The molecule has 0 heterocycles. The van der Waals surface area contributed by atoms with Gasteiger partial charge < -0.3 is 0 Å². The van der Waals surface area contributed by atoms with E-state index in [1.165, 1.54) is 38.2 Å². The highest BCUT2D eigenvalue weighted by atomic mass is 14.2. The Morgan fingerprint density at radius 3 is 1.14 bits per heavy atom. The van der Waals surface area contributed by atoms with Crippen LogP contribution >= 0.6 is 0 Å². The average molecular weight is 990 g/mol. The summed E-state index contributed by atoms with van der Waals surface area (Å²) in [5, 5.41) is 13.5. The van der Waals surface area contributed by atoms with Gasteiger partial charge in [-0.1, -0.05) is 201 Å². The van der Waals surface area contributed by atoms with Crippen molar-refractivity contribution in [3.8, 4) is 77.1 Å². The van der Waals surface area contributed by atoms with Gasteiger partial charge in [0.1, 0.15) is 0 Å². The Morgan fingerprint density at radius 2 is 0.658 bits per heavy atom. The van der Waals surface area contributed by atoms with Crippen molar-refractivity contribution in [1.82, 2.24) is 0 Å². The molecule has 0 unspecified atom stereocenters. The molecule has 0 aliphatic rings. The Balaban J connectivity index is 0.000000242. The third-order valence-electron chi connectivity index (χ3n) is 11.3. The second-order valence-electron chi connectivity index (χ2n) is 20.5. The summed E-state index contributed by atoms with van der Waals surface area (Å²) in [4.78, 5) is 0. The third-order valence-corrected chi connectivity index (χ3v) is 11.3. The number of benzene rings is 8. The zero-order valence-electron chi connectivity index (χ0n) is 47.8. The van der Waals surface area contributed by atoms with E-state index in [1.54, 1.807) is 19.1 Å². The van der Waals surface area contributed by atoms with Crippen molar-refractivity contribution < 1.29 is 0 Å². The molecule has 0 saturated heterocycles. The van der Waals surface area contributed by atoms with Gasteiger partial charge in [-0.2, -0.15) is 5.26 Å². The Hall–Kier alpha value is -8.87. The highest BCUT2D eigenvalue weighted by molar-refractivity contribution is 5.88. The summed E-state index contributed by atoms with van der Waals surface area (Å²) in [6.07, 6.45) is 0. The molecule has 0 atom stereocenters. The fourth-order valence-electron chi connectivity index (χ4n) is 7.23.